The van der Waals surface area contributed by atoms with E-state index in [0.29, 0.717) is 19.0 Å². The van der Waals surface area contributed by atoms with Crippen LogP contribution in [0.15, 0.2) is 53.5 Å². The molecule has 0 aliphatic carbocycles. The number of para-hydroxylation sites is 1. The number of nitrogens with zero attached hydrogens (tertiary/aromatic N) is 1. The third-order valence-corrected chi connectivity index (χ3v) is 4.04. The molecule has 0 fully saturated rings. The molecule has 0 bridgehead atoms. The second-order valence-corrected chi connectivity index (χ2v) is 6.00. The van der Waals surface area contributed by atoms with Crippen LogP contribution in [0.5, 0.6) is 5.75 Å². The lowest BCUT2D eigenvalue weighted by Gasteiger charge is -2.14. The lowest BCUT2D eigenvalue weighted by atomic mass is 10.1. The van der Waals surface area contributed by atoms with E-state index in [0.717, 1.165) is 35.6 Å². The smallest absolute Gasteiger partial charge is 0.416 e. The molecule has 156 valence electrons. The zero-order valence-electron chi connectivity index (χ0n) is 16.1. The molecule has 0 spiro atoms. The minimum atomic E-state index is -4.43. The van der Waals surface area contributed by atoms with Crippen molar-refractivity contribution in [2.45, 2.75) is 12.7 Å². The minimum Gasteiger partial charge on any atom is -0.496 e. The predicted octanol–water partition coefficient (Wildman–Crippen LogP) is 2.81. The number of halogens is 3. The number of hydrogen-bond acceptors (Lipinski definition) is 3. The first kappa shape index (κ1) is 22.1. The Morgan fingerprint density at radius 3 is 2.28 bits per heavy atom. The summed E-state index contributed by atoms with van der Waals surface area (Å²) in [6.45, 7) is 1.16. The molecule has 0 aliphatic heterocycles. The number of amides is 1. The van der Waals surface area contributed by atoms with Gasteiger partial charge in [0, 0.05) is 37.8 Å². The molecule has 2 rings (SSSR count). The van der Waals surface area contributed by atoms with Gasteiger partial charge < -0.3 is 20.7 Å². The normalized spacial score (nSPS) is 11.7. The average molecular weight is 408 g/mol. The zero-order valence-corrected chi connectivity index (χ0v) is 16.1. The number of alkyl halides is 3. The van der Waals surface area contributed by atoms with E-state index in [9.17, 15) is 18.0 Å². The highest BCUT2D eigenvalue weighted by molar-refractivity contribution is 5.94. The number of carbonyl (C=O) groups is 1. The number of aliphatic imine (C=N–C) groups is 1. The summed E-state index contributed by atoms with van der Waals surface area (Å²) in [5, 5.41) is 8.83. The summed E-state index contributed by atoms with van der Waals surface area (Å²) >= 11 is 0. The highest BCUT2D eigenvalue weighted by atomic mass is 19.4. The number of carbonyl (C=O) groups excluding carboxylic acids is 1. The Labute approximate surface area is 167 Å². The Bertz CT molecular complexity index is 836. The molecule has 0 atom stereocenters. The molecule has 2 aromatic carbocycles. The Kier molecular flexibility index (Phi) is 7.88. The molecule has 0 aliphatic rings. The molecular weight excluding hydrogens is 385 g/mol. The summed E-state index contributed by atoms with van der Waals surface area (Å²) in [5.41, 5.74) is 0.339. The van der Waals surface area contributed by atoms with Gasteiger partial charge in [0.2, 0.25) is 0 Å². The van der Waals surface area contributed by atoms with Crippen molar-refractivity contribution in [3.8, 4) is 5.75 Å². The monoisotopic (exact) mass is 408 g/mol. The topological polar surface area (TPSA) is 74.8 Å². The lowest BCUT2D eigenvalue weighted by molar-refractivity contribution is -0.137. The number of nitrogens with one attached hydrogen (secondary N) is 3. The standard InChI is InChI=1S/C20H23F3N4O2/c1-24-19(27-13-15-5-3-4-6-17(15)29-2)26-12-11-25-18(28)14-7-9-16(10-8-14)20(21,22)23/h3-10H,11-13H2,1-2H3,(H,25,28)(H2,24,26,27). The van der Waals surface area contributed by atoms with E-state index < -0.39 is 17.6 Å². The van der Waals surface area contributed by atoms with Gasteiger partial charge >= 0.3 is 6.18 Å². The summed E-state index contributed by atoms with van der Waals surface area (Å²) in [5.74, 6) is 0.858. The van der Waals surface area contributed by atoms with E-state index in [1.165, 1.54) is 0 Å². The average Bonchev–Trinajstić information content (AvgIpc) is 2.72. The molecule has 2 aromatic rings. The van der Waals surface area contributed by atoms with Gasteiger partial charge in [0.25, 0.3) is 5.91 Å². The van der Waals surface area contributed by atoms with Gasteiger partial charge in [-0.1, -0.05) is 18.2 Å². The third kappa shape index (κ3) is 6.70. The fourth-order valence-electron chi connectivity index (χ4n) is 2.52. The van der Waals surface area contributed by atoms with Crippen molar-refractivity contribution >= 4 is 11.9 Å². The first-order valence-electron chi connectivity index (χ1n) is 8.87. The fourth-order valence-corrected chi connectivity index (χ4v) is 2.52. The molecule has 0 saturated heterocycles. The van der Waals surface area contributed by atoms with Gasteiger partial charge in [-0.05, 0) is 30.3 Å². The summed E-state index contributed by atoms with van der Waals surface area (Å²) < 4.78 is 43.0. The molecule has 29 heavy (non-hydrogen) atoms. The lowest BCUT2D eigenvalue weighted by Crippen LogP contribution is -2.41. The molecule has 0 saturated carbocycles. The number of guanidine groups is 1. The number of methoxy groups -OCH3 is 1. The van der Waals surface area contributed by atoms with Crippen molar-refractivity contribution in [1.29, 1.82) is 0 Å². The number of hydrogen-bond donors (Lipinski definition) is 3. The van der Waals surface area contributed by atoms with Crippen molar-refractivity contribution in [2.24, 2.45) is 4.99 Å². The van der Waals surface area contributed by atoms with Crippen LogP contribution in [0.4, 0.5) is 13.2 Å². The minimum absolute atomic E-state index is 0.164. The van der Waals surface area contributed by atoms with Gasteiger partial charge in [0.1, 0.15) is 5.75 Å². The highest BCUT2D eigenvalue weighted by Crippen LogP contribution is 2.29. The third-order valence-electron chi connectivity index (χ3n) is 4.04. The maximum atomic E-state index is 12.6. The van der Waals surface area contributed by atoms with Crippen molar-refractivity contribution in [3.63, 3.8) is 0 Å². The van der Waals surface area contributed by atoms with Crippen LogP contribution >= 0.6 is 0 Å². The molecular formula is C20H23F3N4O2. The van der Waals surface area contributed by atoms with Crippen LogP contribution < -0.4 is 20.7 Å². The second-order valence-electron chi connectivity index (χ2n) is 6.00. The van der Waals surface area contributed by atoms with E-state index in [4.69, 9.17) is 4.74 Å². The Morgan fingerprint density at radius 2 is 1.66 bits per heavy atom. The van der Waals surface area contributed by atoms with Crippen LogP contribution in [0.2, 0.25) is 0 Å². The van der Waals surface area contributed by atoms with Crippen molar-refractivity contribution in [3.05, 3.63) is 65.2 Å². The van der Waals surface area contributed by atoms with Crippen molar-refractivity contribution < 1.29 is 22.7 Å². The van der Waals surface area contributed by atoms with Crippen LogP contribution in [0, 0.1) is 0 Å². The molecule has 1 amide bonds. The molecule has 6 nitrogen and oxygen atoms in total. The molecule has 9 heteroatoms. The van der Waals surface area contributed by atoms with Crippen LogP contribution in [-0.4, -0.2) is 39.1 Å². The maximum Gasteiger partial charge on any atom is 0.416 e. The van der Waals surface area contributed by atoms with Gasteiger partial charge in [0.15, 0.2) is 5.96 Å². The van der Waals surface area contributed by atoms with Gasteiger partial charge in [-0.3, -0.25) is 9.79 Å². The van der Waals surface area contributed by atoms with Crippen LogP contribution in [0.3, 0.4) is 0 Å². The summed E-state index contributed by atoms with van der Waals surface area (Å²) in [7, 11) is 3.23. The molecule has 0 unspecified atom stereocenters. The molecule has 0 heterocycles. The quantitative estimate of drug-likeness (QED) is 0.374. The highest BCUT2D eigenvalue weighted by Gasteiger charge is 2.30. The van der Waals surface area contributed by atoms with Crippen molar-refractivity contribution in [1.82, 2.24) is 16.0 Å². The second kappa shape index (κ2) is 10.4. The first-order chi connectivity index (χ1) is 13.8. The van der Waals surface area contributed by atoms with E-state index in [-0.39, 0.29) is 12.1 Å². The summed E-state index contributed by atoms with van der Waals surface area (Å²) in [4.78, 5) is 16.1. The van der Waals surface area contributed by atoms with Crippen LogP contribution in [-0.2, 0) is 12.7 Å². The molecule has 3 N–H and O–H groups in total. The van der Waals surface area contributed by atoms with Gasteiger partial charge in [-0.25, -0.2) is 0 Å². The van der Waals surface area contributed by atoms with Gasteiger partial charge in [-0.2, -0.15) is 13.2 Å². The number of benzene rings is 2. The Balaban J connectivity index is 1.76. The van der Waals surface area contributed by atoms with E-state index in [1.54, 1.807) is 14.2 Å². The number of ether oxygens (including phenoxy) is 1. The summed E-state index contributed by atoms with van der Waals surface area (Å²) in [6.07, 6.45) is -4.43. The summed E-state index contributed by atoms with van der Waals surface area (Å²) in [6, 6.07) is 11.7. The van der Waals surface area contributed by atoms with Gasteiger partial charge in [-0.15, -0.1) is 0 Å². The molecule has 0 radical (unpaired) electrons. The van der Waals surface area contributed by atoms with Crippen molar-refractivity contribution in [2.75, 3.05) is 27.2 Å². The molecule has 0 aromatic heterocycles. The van der Waals surface area contributed by atoms with E-state index in [2.05, 4.69) is 20.9 Å². The fraction of sp³-hybridized carbons (Fsp3) is 0.300. The number of rotatable bonds is 7. The first-order valence-corrected chi connectivity index (χ1v) is 8.87. The maximum absolute atomic E-state index is 12.6. The van der Waals surface area contributed by atoms with E-state index in [1.807, 2.05) is 24.3 Å². The Hall–Kier alpha value is -3.23. The largest absolute Gasteiger partial charge is 0.496 e. The van der Waals surface area contributed by atoms with Crippen LogP contribution in [0.1, 0.15) is 21.5 Å². The SMILES string of the molecule is CN=C(NCCNC(=O)c1ccc(C(F)(F)F)cc1)NCc1ccccc1OC. The van der Waals surface area contributed by atoms with Gasteiger partial charge in [0.05, 0.1) is 12.7 Å². The van der Waals surface area contributed by atoms with Crippen LogP contribution in [0.25, 0.3) is 0 Å². The predicted molar refractivity (Wildman–Crippen MR) is 105 cm³/mol. The zero-order chi connectivity index (χ0) is 21.3. The Morgan fingerprint density at radius 1 is 1.00 bits per heavy atom. The van der Waals surface area contributed by atoms with E-state index >= 15 is 0 Å².